The molecule has 2 amide bonds. The fourth-order valence-corrected chi connectivity index (χ4v) is 2.63. The molecule has 0 saturated carbocycles. The van der Waals surface area contributed by atoms with E-state index in [2.05, 4.69) is 10.6 Å². The number of nitrogens with one attached hydrogen (secondary N) is 2. The van der Waals surface area contributed by atoms with E-state index in [1.54, 1.807) is 12.1 Å². The average molecular weight is 336 g/mol. The van der Waals surface area contributed by atoms with Gasteiger partial charge >= 0.3 is 0 Å². The minimum absolute atomic E-state index is 0.0860. The lowest BCUT2D eigenvalue weighted by Gasteiger charge is -2.12. The zero-order valence-electron chi connectivity index (χ0n) is 14.2. The van der Waals surface area contributed by atoms with E-state index in [1.165, 1.54) is 0 Å². The van der Waals surface area contributed by atoms with Crippen molar-refractivity contribution in [3.63, 3.8) is 0 Å². The molecule has 2 N–H and O–H groups in total. The molecule has 0 fully saturated rings. The number of fused-ring (bicyclic) bond motifs is 1. The van der Waals surface area contributed by atoms with Gasteiger partial charge in [-0.2, -0.15) is 0 Å². The van der Waals surface area contributed by atoms with Crippen molar-refractivity contribution in [3.05, 3.63) is 71.5 Å². The van der Waals surface area contributed by atoms with Crippen molar-refractivity contribution in [1.82, 2.24) is 10.6 Å². The van der Waals surface area contributed by atoms with Gasteiger partial charge in [0.05, 0.1) is 12.6 Å². The molecule has 0 aliphatic carbocycles. The first-order valence-electron chi connectivity index (χ1n) is 8.15. The van der Waals surface area contributed by atoms with Gasteiger partial charge in [-0.15, -0.1) is 0 Å². The van der Waals surface area contributed by atoms with Crippen LogP contribution in [0, 0.1) is 6.92 Å². The normalized spacial score (nSPS) is 11.9. The number of amides is 2. The Hall–Kier alpha value is -3.08. The standard InChI is InChI=1S/C20H20N2O3/c1-13-6-5-8-16(10-13)20(24)21-12-19(23)22-14(2)18-11-15-7-3-4-9-17(15)25-18/h3-11,14H,12H2,1-2H3,(H,21,24)(H,22,23)/t14-/m1/s1. The van der Waals surface area contributed by atoms with Gasteiger partial charge in [0.2, 0.25) is 5.91 Å². The highest BCUT2D eigenvalue weighted by Gasteiger charge is 2.15. The molecule has 128 valence electrons. The van der Waals surface area contributed by atoms with Crippen LogP contribution in [0.25, 0.3) is 11.0 Å². The third kappa shape index (κ3) is 4.07. The van der Waals surface area contributed by atoms with Gasteiger partial charge in [0, 0.05) is 10.9 Å². The Bertz CT molecular complexity index is 881. The molecule has 5 nitrogen and oxygen atoms in total. The molecule has 0 bridgehead atoms. The highest BCUT2D eigenvalue weighted by Crippen LogP contribution is 2.23. The van der Waals surface area contributed by atoms with E-state index in [0.717, 1.165) is 16.5 Å². The van der Waals surface area contributed by atoms with Crippen LogP contribution in [0.2, 0.25) is 0 Å². The first-order chi connectivity index (χ1) is 12.0. The van der Waals surface area contributed by atoms with E-state index >= 15 is 0 Å². The predicted octanol–water partition coefficient (Wildman–Crippen LogP) is 3.35. The van der Waals surface area contributed by atoms with Gasteiger partial charge in [-0.3, -0.25) is 9.59 Å². The second kappa shape index (κ2) is 7.21. The third-order valence-electron chi connectivity index (χ3n) is 3.94. The number of hydrogen-bond acceptors (Lipinski definition) is 3. The third-order valence-corrected chi connectivity index (χ3v) is 3.94. The van der Waals surface area contributed by atoms with E-state index in [9.17, 15) is 9.59 Å². The van der Waals surface area contributed by atoms with Gasteiger partial charge in [0.25, 0.3) is 5.91 Å². The quantitative estimate of drug-likeness (QED) is 0.750. The van der Waals surface area contributed by atoms with Crippen LogP contribution in [-0.2, 0) is 4.79 Å². The summed E-state index contributed by atoms with van der Waals surface area (Å²) in [6.45, 7) is 3.67. The van der Waals surface area contributed by atoms with Gasteiger partial charge in [-0.05, 0) is 38.1 Å². The molecule has 0 radical (unpaired) electrons. The molecule has 1 heterocycles. The highest BCUT2D eigenvalue weighted by molar-refractivity contribution is 5.96. The fourth-order valence-electron chi connectivity index (χ4n) is 2.63. The van der Waals surface area contributed by atoms with Crippen LogP contribution < -0.4 is 10.6 Å². The van der Waals surface area contributed by atoms with E-state index in [-0.39, 0.29) is 24.4 Å². The second-order valence-electron chi connectivity index (χ2n) is 6.03. The maximum absolute atomic E-state index is 12.1. The molecule has 0 aliphatic rings. The summed E-state index contributed by atoms with van der Waals surface area (Å²) in [5, 5.41) is 6.45. The summed E-state index contributed by atoms with van der Waals surface area (Å²) in [7, 11) is 0. The van der Waals surface area contributed by atoms with E-state index in [1.807, 2.05) is 56.3 Å². The van der Waals surface area contributed by atoms with Crippen LogP contribution in [0.15, 0.2) is 59.0 Å². The Kier molecular flexibility index (Phi) is 4.84. The topological polar surface area (TPSA) is 71.3 Å². The van der Waals surface area contributed by atoms with Gasteiger partial charge in [-0.25, -0.2) is 0 Å². The van der Waals surface area contributed by atoms with E-state index in [0.29, 0.717) is 11.3 Å². The number of hydrogen-bond donors (Lipinski definition) is 2. The summed E-state index contributed by atoms with van der Waals surface area (Å²) in [5.74, 6) is 0.142. The average Bonchev–Trinajstić information content (AvgIpc) is 3.04. The fraction of sp³-hybridized carbons (Fsp3) is 0.200. The van der Waals surface area contributed by atoms with Crippen molar-refractivity contribution >= 4 is 22.8 Å². The maximum Gasteiger partial charge on any atom is 0.251 e. The molecule has 25 heavy (non-hydrogen) atoms. The van der Waals surface area contributed by atoms with Crippen LogP contribution in [0.5, 0.6) is 0 Å². The number of rotatable bonds is 5. The predicted molar refractivity (Wildman–Crippen MR) is 96.3 cm³/mol. The van der Waals surface area contributed by atoms with Crippen LogP contribution in [0.3, 0.4) is 0 Å². The molecule has 5 heteroatoms. The number of benzene rings is 2. The first-order valence-corrected chi connectivity index (χ1v) is 8.15. The van der Waals surface area contributed by atoms with Crippen LogP contribution in [-0.4, -0.2) is 18.4 Å². The molecule has 0 aliphatic heterocycles. The second-order valence-corrected chi connectivity index (χ2v) is 6.03. The van der Waals surface area contributed by atoms with Crippen molar-refractivity contribution in [2.75, 3.05) is 6.54 Å². The minimum atomic E-state index is -0.282. The lowest BCUT2D eigenvalue weighted by molar-refractivity contribution is -0.120. The number of carbonyl (C=O) groups excluding carboxylic acids is 2. The summed E-state index contributed by atoms with van der Waals surface area (Å²) in [6.07, 6.45) is 0. The molecule has 1 aromatic heterocycles. The van der Waals surface area contributed by atoms with Crippen molar-refractivity contribution in [1.29, 1.82) is 0 Å². The van der Waals surface area contributed by atoms with E-state index < -0.39 is 0 Å². The molecule has 0 spiro atoms. The molecule has 3 aromatic rings. The van der Waals surface area contributed by atoms with Gasteiger partial charge in [-0.1, -0.05) is 35.9 Å². The van der Waals surface area contributed by atoms with Gasteiger partial charge in [0.1, 0.15) is 11.3 Å². The number of carbonyl (C=O) groups is 2. The maximum atomic E-state index is 12.1. The Balaban J connectivity index is 1.55. The number of aryl methyl sites for hydroxylation is 1. The van der Waals surface area contributed by atoms with Crippen molar-refractivity contribution < 1.29 is 14.0 Å². The van der Waals surface area contributed by atoms with Crippen LogP contribution >= 0.6 is 0 Å². The van der Waals surface area contributed by atoms with E-state index in [4.69, 9.17) is 4.42 Å². The van der Waals surface area contributed by atoms with Crippen molar-refractivity contribution in [3.8, 4) is 0 Å². The largest absolute Gasteiger partial charge is 0.459 e. The summed E-state index contributed by atoms with van der Waals surface area (Å²) in [4.78, 5) is 24.1. The summed E-state index contributed by atoms with van der Waals surface area (Å²) < 4.78 is 5.74. The SMILES string of the molecule is Cc1cccc(C(=O)NCC(=O)N[C@H](C)c2cc3ccccc3o2)c1. The highest BCUT2D eigenvalue weighted by atomic mass is 16.3. The molecular weight excluding hydrogens is 316 g/mol. The summed E-state index contributed by atoms with van der Waals surface area (Å²) in [6, 6.07) is 16.5. The minimum Gasteiger partial charge on any atom is -0.459 e. The van der Waals surface area contributed by atoms with Gasteiger partial charge < -0.3 is 15.1 Å². The monoisotopic (exact) mass is 336 g/mol. The molecular formula is C20H20N2O3. The zero-order valence-corrected chi connectivity index (χ0v) is 14.2. The van der Waals surface area contributed by atoms with Crippen molar-refractivity contribution in [2.45, 2.75) is 19.9 Å². The first kappa shape index (κ1) is 16.8. The lowest BCUT2D eigenvalue weighted by Crippen LogP contribution is -2.37. The molecule has 3 rings (SSSR count). The zero-order chi connectivity index (χ0) is 17.8. The Morgan fingerprint density at radius 2 is 1.88 bits per heavy atom. The lowest BCUT2D eigenvalue weighted by atomic mass is 10.1. The van der Waals surface area contributed by atoms with Crippen molar-refractivity contribution in [2.24, 2.45) is 0 Å². The molecule has 1 atom stereocenters. The molecule has 0 saturated heterocycles. The van der Waals surface area contributed by atoms with Crippen LogP contribution in [0.4, 0.5) is 0 Å². The Labute approximate surface area is 146 Å². The number of para-hydroxylation sites is 1. The summed E-state index contributed by atoms with van der Waals surface area (Å²) in [5.41, 5.74) is 2.32. The van der Waals surface area contributed by atoms with Gasteiger partial charge in [0.15, 0.2) is 0 Å². The smallest absolute Gasteiger partial charge is 0.251 e. The molecule has 2 aromatic carbocycles. The summed E-state index contributed by atoms with van der Waals surface area (Å²) >= 11 is 0. The Morgan fingerprint density at radius 1 is 1.08 bits per heavy atom. The molecule has 0 unspecified atom stereocenters. The number of furan rings is 1. The van der Waals surface area contributed by atoms with Crippen LogP contribution in [0.1, 0.15) is 34.6 Å². The Morgan fingerprint density at radius 3 is 2.64 bits per heavy atom.